The summed E-state index contributed by atoms with van der Waals surface area (Å²) < 4.78 is 6.11. The fraction of sp³-hybridized carbons (Fsp3) is 0.684. The van der Waals surface area contributed by atoms with Gasteiger partial charge in [-0.3, -0.25) is 0 Å². The van der Waals surface area contributed by atoms with Gasteiger partial charge in [0.25, 0.3) is 0 Å². The summed E-state index contributed by atoms with van der Waals surface area (Å²) in [5, 5.41) is 17.9. The van der Waals surface area contributed by atoms with Crippen LogP contribution in [-0.4, -0.2) is 30.3 Å². The number of piperidine rings is 1. The minimum atomic E-state index is 0.244. The SMILES string of the molecule is CC1COc2c3c(cc(O)c2N1)[C@]12CCCC[C@@H]1[C@H](C3)NCC2. The minimum absolute atomic E-state index is 0.244. The highest BCUT2D eigenvalue weighted by molar-refractivity contribution is 5.73. The largest absolute Gasteiger partial charge is 0.506 e. The third-order valence-electron chi connectivity index (χ3n) is 6.75. The van der Waals surface area contributed by atoms with Crippen LogP contribution in [0.4, 0.5) is 5.69 Å². The van der Waals surface area contributed by atoms with Crippen molar-refractivity contribution in [3.63, 3.8) is 0 Å². The maximum atomic E-state index is 10.7. The van der Waals surface area contributed by atoms with E-state index >= 15 is 0 Å². The summed E-state index contributed by atoms with van der Waals surface area (Å²) in [6, 6.07) is 2.89. The summed E-state index contributed by atoms with van der Waals surface area (Å²) in [6.07, 6.45) is 7.50. The zero-order chi connectivity index (χ0) is 15.6. The van der Waals surface area contributed by atoms with Crippen LogP contribution in [-0.2, 0) is 11.8 Å². The van der Waals surface area contributed by atoms with Gasteiger partial charge >= 0.3 is 0 Å². The first kappa shape index (κ1) is 14.0. The molecule has 2 fully saturated rings. The standard InChI is InChI=1S/C19H26N2O2/c1-11-10-23-18-12-8-15-13-4-2-3-5-19(13,6-7-20-15)14(12)9-16(22)17(18)21-11/h9,11,13,15,20-22H,2-8,10H2,1H3/t11?,13-,15+,19+/m1/s1. The van der Waals surface area contributed by atoms with Gasteiger partial charge < -0.3 is 20.5 Å². The van der Waals surface area contributed by atoms with Gasteiger partial charge in [-0.2, -0.15) is 0 Å². The molecule has 1 unspecified atom stereocenters. The molecule has 4 nitrogen and oxygen atoms in total. The molecule has 1 aromatic rings. The molecule has 1 saturated heterocycles. The van der Waals surface area contributed by atoms with Gasteiger partial charge in [-0.25, -0.2) is 0 Å². The van der Waals surface area contributed by atoms with E-state index in [1.807, 2.05) is 0 Å². The molecule has 0 radical (unpaired) electrons. The van der Waals surface area contributed by atoms with Crippen LogP contribution >= 0.6 is 0 Å². The topological polar surface area (TPSA) is 53.5 Å². The lowest BCUT2D eigenvalue weighted by atomic mass is 9.52. The molecule has 4 heteroatoms. The first-order valence-electron chi connectivity index (χ1n) is 9.21. The van der Waals surface area contributed by atoms with E-state index in [1.165, 1.54) is 43.2 Å². The second-order valence-corrected chi connectivity index (χ2v) is 8.01. The van der Waals surface area contributed by atoms with Gasteiger partial charge in [0.05, 0.1) is 6.04 Å². The lowest BCUT2D eigenvalue weighted by Crippen LogP contribution is -2.59. The molecule has 2 bridgehead atoms. The summed E-state index contributed by atoms with van der Waals surface area (Å²) in [5.74, 6) is 2.03. The van der Waals surface area contributed by atoms with Crippen LogP contribution in [0.25, 0.3) is 0 Å². The smallest absolute Gasteiger partial charge is 0.149 e. The molecule has 0 spiro atoms. The van der Waals surface area contributed by atoms with Gasteiger partial charge in [-0.05, 0) is 56.7 Å². The number of aromatic hydroxyl groups is 1. The van der Waals surface area contributed by atoms with Gasteiger partial charge in [0, 0.05) is 17.0 Å². The zero-order valence-electron chi connectivity index (χ0n) is 13.8. The number of phenolic OH excluding ortho intramolecular Hbond substituents is 1. The summed E-state index contributed by atoms with van der Waals surface area (Å²) >= 11 is 0. The van der Waals surface area contributed by atoms with E-state index in [9.17, 15) is 5.11 Å². The quantitative estimate of drug-likeness (QED) is 0.645. The Hall–Kier alpha value is -1.42. The summed E-state index contributed by atoms with van der Waals surface area (Å²) in [5.41, 5.74) is 3.83. The predicted molar refractivity (Wildman–Crippen MR) is 90.4 cm³/mol. The van der Waals surface area contributed by atoms with E-state index < -0.39 is 0 Å². The third kappa shape index (κ3) is 1.81. The zero-order valence-corrected chi connectivity index (χ0v) is 13.8. The van der Waals surface area contributed by atoms with E-state index in [-0.39, 0.29) is 11.5 Å². The molecule has 1 aromatic carbocycles. The van der Waals surface area contributed by atoms with Crippen molar-refractivity contribution in [1.29, 1.82) is 0 Å². The number of ether oxygens (including phenoxy) is 1. The fourth-order valence-electron chi connectivity index (χ4n) is 5.82. The first-order valence-corrected chi connectivity index (χ1v) is 9.21. The molecule has 2 aliphatic heterocycles. The van der Waals surface area contributed by atoms with Crippen molar-refractivity contribution in [3.8, 4) is 11.5 Å². The molecule has 124 valence electrons. The average molecular weight is 314 g/mol. The number of nitrogens with one attached hydrogen (secondary N) is 2. The van der Waals surface area contributed by atoms with Gasteiger partial charge in [-0.15, -0.1) is 0 Å². The predicted octanol–water partition coefficient (Wildman–Crippen LogP) is 2.93. The number of hydrogen-bond acceptors (Lipinski definition) is 4. The Morgan fingerprint density at radius 2 is 2.22 bits per heavy atom. The van der Waals surface area contributed by atoms with Crippen LogP contribution in [0.3, 0.4) is 0 Å². The molecular weight excluding hydrogens is 288 g/mol. The van der Waals surface area contributed by atoms with Gasteiger partial charge in [0.15, 0.2) is 0 Å². The molecule has 0 amide bonds. The number of benzene rings is 1. The molecule has 3 N–H and O–H groups in total. The molecule has 4 aliphatic rings. The third-order valence-corrected chi connectivity index (χ3v) is 6.75. The Morgan fingerprint density at radius 1 is 1.30 bits per heavy atom. The first-order chi connectivity index (χ1) is 11.2. The van der Waals surface area contributed by atoms with Crippen molar-refractivity contribution in [1.82, 2.24) is 5.32 Å². The molecule has 23 heavy (non-hydrogen) atoms. The van der Waals surface area contributed by atoms with E-state index in [4.69, 9.17) is 4.74 Å². The van der Waals surface area contributed by atoms with E-state index in [0.29, 0.717) is 18.4 Å². The summed E-state index contributed by atoms with van der Waals surface area (Å²) in [7, 11) is 0. The van der Waals surface area contributed by atoms with Crippen molar-refractivity contribution < 1.29 is 9.84 Å². The highest BCUT2D eigenvalue weighted by Gasteiger charge is 2.52. The van der Waals surface area contributed by atoms with Gasteiger partial charge in [-0.1, -0.05) is 12.8 Å². The lowest BCUT2D eigenvalue weighted by Gasteiger charge is -2.56. The van der Waals surface area contributed by atoms with Crippen molar-refractivity contribution in [2.45, 2.75) is 62.9 Å². The maximum Gasteiger partial charge on any atom is 0.149 e. The van der Waals surface area contributed by atoms with Crippen LogP contribution < -0.4 is 15.4 Å². The van der Waals surface area contributed by atoms with Crippen molar-refractivity contribution >= 4 is 5.69 Å². The molecule has 0 aromatic heterocycles. The molecule has 5 rings (SSSR count). The average Bonchev–Trinajstić information content (AvgIpc) is 2.56. The van der Waals surface area contributed by atoms with Gasteiger partial charge in [0.1, 0.15) is 23.8 Å². The second kappa shape index (κ2) is 4.79. The van der Waals surface area contributed by atoms with Crippen molar-refractivity contribution in [2.75, 3.05) is 18.5 Å². The van der Waals surface area contributed by atoms with Crippen LogP contribution in [0.15, 0.2) is 6.07 Å². The summed E-state index contributed by atoms with van der Waals surface area (Å²) in [4.78, 5) is 0. The normalized spacial score (nSPS) is 37.7. The van der Waals surface area contributed by atoms with Crippen LogP contribution in [0, 0.1) is 5.92 Å². The lowest BCUT2D eigenvalue weighted by molar-refractivity contribution is 0.0781. The molecule has 2 aliphatic carbocycles. The number of hydrogen-bond donors (Lipinski definition) is 3. The van der Waals surface area contributed by atoms with Crippen LogP contribution in [0.5, 0.6) is 11.5 Å². The van der Waals surface area contributed by atoms with E-state index in [1.54, 1.807) is 0 Å². The van der Waals surface area contributed by atoms with E-state index in [2.05, 4.69) is 23.6 Å². The number of phenols is 1. The van der Waals surface area contributed by atoms with Crippen molar-refractivity contribution in [3.05, 3.63) is 17.2 Å². The Balaban J connectivity index is 1.72. The van der Waals surface area contributed by atoms with Crippen LogP contribution in [0.2, 0.25) is 0 Å². The molecule has 4 atom stereocenters. The molecule has 1 saturated carbocycles. The molecular formula is C19H26N2O2. The van der Waals surface area contributed by atoms with Crippen molar-refractivity contribution in [2.24, 2.45) is 5.92 Å². The molecule has 2 heterocycles. The Morgan fingerprint density at radius 3 is 3.13 bits per heavy atom. The fourth-order valence-corrected chi connectivity index (χ4v) is 5.82. The van der Waals surface area contributed by atoms with Crippen LogP contribution in [0.1, 0.15) is 50.2 Å². The summed E-state index contributed by atoms with van der Waals surface area (Å²) in [6.45, 7) is 3.87. The number of rotatable bonds is 0. The Bertz CT molecular complexity index is 655. The van der Waals surface area contributed by atoms with Gasteiger partial charge in [0.2, 0.25) is 0 Å². The number of anilines is 1. The Kier molecular flexibility index (Phi) is 2.91. The highest BCUT2D eigenvalue weighted by Crippen LogP contribution is 2.57. The second-order valence-electron chi connectivity index (χ2n) is 8.01. The maximum absolute atomic E-state index is 10.7. The Labute approximate surface area is 137 Å². The monoisotopic (exact) mass is 314 g/mol. The number of fused-ring (bicyclic) bond motifs is 3. The highest BCUT2D eigenvalue weighted by atomic mass is 16.5. The minimum Gasteiger partial charge on any atom is -0.506 e. The van der Waals surface area contributed by atoms with E-state index in [0.717, 1.165) is 30.3 Å².